The molecule has 0 fully saturated rings. The number of halogens is 1. The zero-order chi connectivity index (χ0) is 7.49. The van der Waals surface area contributed by atoms with Crippen molar-refractivity contribution in [3.05, 3.63) is 0 Å². The Bertz CT molecular complexity index is 110. The molecule has 0 heterocycles. The highest BCUT2D eigenvalue weighted by Crippen LogP contribution is 2.11. The first-order chi connectivity index (χ1) is 3.98. The van der Waals surface area contributed by atoms with Gasteiger partial charge in [-0.3, -0.25) is 10.6 Å². The lowest BCUT2D eigenvalue weighted by atomic mass is 9.96. The van der Waals surface area contributed by atoms with Gasteiger partial charge in [-0.25, -0.2) is 5.43 Å². The molecule has 0 saturated heterocycles. The van der Waals surface area contributed by atoms with E-state index in [1.807, 2.05) is 20.8 Å². The number of hydrazine groups is 1. The largest absolute Gasteiger partial charge is 1.00 e. The Hall–Kier alpha value is -0.320. The molecule has 0 saturated carbocycles. The molecule has 0 aliphatic heterocycles. The molecule has 4 nitrogen and oxygen atoms in total. The molecular formula is C5H14ClN3O. The number of amides is 1. The molecule has 0 rings (SSSR count). The van der Waals surface area contributed by atoms with Gasteiger partial charge in [0.1, 0.15) is 0 Å². The van der Waals surface area contributed by atoms with Crippen LogP contribution in [0.4, 0.5) is 0 Å². The van der Waals surface area contributed by atoms with Crippen molar-refractivity contribution in [1.82, 2.24) is 11.0 Å². The average molecular weight is 168 g/mol. The van der Waals surface area contributed by atoms with E-state index in [2.05, 4.69) is 16.8 Å². The van der Waals surface area contributed by atoms with Gasteiger partial charge in [0.2, 0.25) is 5.91 Å². The summed E-state index contributed by atoms with van der Waals surface area (Å²) in [6, 6.07) is 0. The molecule has 0 aromatic rings. The summed E-state index contributed by atoms with van der Waals surface area (Å²) >= 11 is 0. The second-order valence-corrected chi connectivity index (χ2v) is 2.88. The summed E-state index contributed by atoms with van der Waals surface area (Å²) in [5.74, 6) is 3.20. The molecule has 0 aliphatic rings. The van der Waals surface area contributed by atoms with E-state index in [9.17, 15) is 4.79 Å². The maximum atomic E-state index is 10.9. The Balaban J connectivity index is 0. The quantitative estimate of drug-likeness (QED) is 0.347. The van der Waals surface area contributed by atoms with E-state index in [0.717, 1.165) is 0 Å². The monoisotopic (exact) mass is 167 g/mol. The maximum Gasteiger partial charge on any atom is 0.243 e. The molecule has 5 N–H and O–H groups in total. The highest BCUT2D eigenvalue weighted by Gasteiger charge is 2.20. The van der Waals surface area contributed by atoms with Crippen LogP contribution in [0.25, 0.3) is 0 Å². The van der Waals surface area contributed by atoms with Crippen molar-refractivity contribution in [3.8, 4) is 0 Å². The number of nitrogens with one attached hydrogen (secondary N) is 2. The van der Waals surface area contributed by atoms with Gasteiger partial charge in [-0.1, -0.05) is 26.3 Å². The van der Waals surface area contributed by atoms with E-state index in [-0.39, 0.29) is 23.7 Å². The summed E-state index contributed by atoms with van der Waals surface area (Å²) in [5.41, 5.74) is 4.37. The van der Waals surface area contributed by atoms with Crippen LogP contribution in [0.1, 0.15) is 20.8 Å². The number of rotatable bonds is 1. The van der Waals surface area contributed by atoms with Crippen LogP contribution in [0, 0.1) is 5.41 Å². The van der Waals surface area contributed by atoms with E-state index in [1.54, 1.807) is 0 Å². The molecule has 0 atom stereocenters. The van der Waals surface area contributed by atoms with Crippen molar-refractivity contribution in [2.24, 2.45) is 5.41 Å². The molecule has 0 aliphatic carbocycles. The lowest BCUT2D eigenvalue weighted by Crippen LogP contribution is -3.00. The lowest BCUT2D eigenvalue weighted by molar-refractivity contribution is -0.453. The molecule has 1 amide bonds. The molecule has 0 aromatic heterocycles. The van der Waals surface area contributed by atoms with E-state index < -0.39 is 0 Å². The van der Waals surface area contributed by atoms with Crippen molar-refractivity contribution in [3.63, 3.8) is 0 Å². The summed E-state index contributed by atoms with van der Waals surface area (Å²) in [6.07, 6.45) is 0. The van der Waals surface area contributed by atoms with Gasteiger partial charge in [0.05, 0.1) is 0 Å². The van der Waals surface area contributed by atoms with Crippen LogP contribution < -0.4 is 29.2 Å². The molecule has 62 valence electrons. The van der Waals surface area contributed by atoms with Crippen molar-refractivity contribution in [2.45, 2.75) is 20.8 Å². The fraction of sp³-hybridized carbons (Fsp3) is 0.800. The minimum absolute atomic E-state index is 0. The van der Waals surface area contributed by atoms with Crippen LogP contribution in [-0.4, -0.2) is 5.91 Å². The third-order valence-corrected chi connectivity index (χ3v) is 0.883. The summed E-state index contributed by atoms with van der Waals surface area (Å²) in [7, 11) is 0. The molecule has 0 aromatic carbocycles. The van der Waals surface area contributed by atoms with Gasteiger partial charge < -0.3 is 12.4 Å². The minimum Gasteiger partial charge on any atom is -1.00 e. The zero-order valence-corrected chi connectivity index (χ0v) is 7.25. The Labute approximate surface area is 66.9 Å². The summed E-state index contributed by atoms with van der Waals surface area (Å²) in [6.45, 7) is 5.50. The van der Waals surface area contributed by atoms with E-state index in [0.29, 0.717) is 0 Å². The van der Waals surface area contributed by atoms with E-state index >= 15 is 0 Å². The van der Waals surface area contributed by atoms with Crippen LogP contribution in [0.2, 0.25) is 0 Å². The normalized spacial score (nSPS) is 10.0. The molecule has 10 heavy (non-hydrogen) atoms. The minimum atomic E-state index is -0.343. The molecule has 0 unspecified atom stereocenters. The van der Waals surface area contributed by atoms with Crippen LogP contribution in [0.5, 0.6) is 0 Å². The number of carbonyl (C=O) groups excluding carboxylic acids is 1. The third-order valence-electron chi connectivity index (χ3n) is 0.883. The van der Waals surface area contributed by atoms with E-state index in [4.69, 9.17) is 0 Å². The van der Waals surface area contributed by atoms with Crippen molar-refractivity contribution < 1.29 is 23.0 Å². The number of hydrogen-bond donors (Lipinski definition) is 3. The van der Waals surface area contributed by atoms with Gasteiger partial charge in [0.25, 0.3) is 0 Å². The molecular weight excluding hydrogens is 154 g/mol. The summed E-state index contributed by atoms with van der Waals surface area (Å²) in [4.78, 5) is 10.9. The van der Waals surface area contributed by atoms with Crippen LogP contribution >= 0.6 is 0 Å². The zero-order valence-electron chi connectivity index (χ0n) is 6.49. The Morgan fingerprint density at radius 2 is 1.80 bits per heavy atom. The standard InChI is InChI=1S/C5H13N3O.ClH/c1-5(2,3)4(9)7-8-6;/h8H,6H2,1-3H3,(H,7,9);1H. The predicted molar refractivity (Wildman–Crippen MR) is 33.6 cm³/mol. The fourth-order valence-electron chi connectivity index (χ4n) is 0.268. The first-order valence-corrected chi connectivity index (χ1v) is 2.81. The highest BCUT2D eigenvalue weighted by atomic mass is 35.5. The molecule has 0 bridgehead atoms. The first-order valence-electron chi connectivity index (χ1n) is 2.81. The van der Waals surface area contributed by atoms with Gasteiger partial charge in [0, 0.05) is 5.41 Å². The molecule has 0 radical (unpaired) electrons. The Morgan fingerprint density at radius 3 is 1.90 bits per heavy atom. The topological polar surface area (TPSA) is 68.8 Å². The van der Waals surface area contributed by atoms with Gasteiger partial charge >= 0.3 is 0 Å². The Morgan fingerprint density at radius 1 is 1.40 bits per heavy atom. The second kappa shape index (κ2) is 4.49. The average Bonchev–Trinajstić information content (AvgIpc) is 1.64. The first kappa shape index (κ1) is 12.4. The number of carbonyl (C=O) groups is 1. The molecule has 0 spiro atoms. The smallest absolute Gasteiger partial charge is 0.243 e. The van der Waals surface area contributed by atoms with Gasteiger partial charge in [-0.15, -0.1) is 0 Å². The Kier molecular flexibility index (Phi) is 5.55. The lowest BCUT2D eigenvalue weighted by Gasteiger charge is -2.15. The summed E-state index contributed by atoms with van der Waals surface area (Å²) < 4.78 is 0. The third kappa shape index (κ3) is 4.55. The number of hydrogen-bond acceptors (Lipinski definition) is 2. The van der Waals surface area contributed by atoms with Gasteiger partial charge in [-0.2, -0.15) is 0 Å². The van der Waals surface area contributed by atoms with E-state index in [1.165, 1.54) is 0 Å². The number of quaternary nitrogens is 1. The van der Waals surface area contributed by atoms with Crippen molar-refractivity contribution in [1.29, 1.82) is 0 Å². The predicted octanol–water partition coefficient (Wildman–Crippen LogP) is -4.19. The second-order valence-electron chi connectivity index (χ2n) is 2.88. The highest BCUT2D eigenvalue weighted by molar-refractivity contribution is 5.80. The van der Waals surface area contributed by atoms with Crippen LogP contribution in [0.3, 0.4) is 0 Å². The van der Waals surface area contributed by atoms with Gasteiger partial charge in [-0.05, 0) is 0 Å². The van der Waals surface area contributed by atoms with Crippen LogP contribution in [0.15, 0.2) is 0 Å². The molecule has 5 heteroatoms. The fourth-order valence-corrected chi connectivity index (χ4v) is 0.268. The van der Waals surface area contributed by atoms with Gasteiger partial charge in [0.15, 0.2) is 0 Å². The maximum absolute atomic E-state index is 10.9. The van der Waals surface area contributed by atoms with Crippen LogP contribution in [-0.2, 0) is 4.79 Å². The van der Waals surface area contributed by atoms with Crippen molar-refractivity contribution >= 4 is 5.91 Å². The summed E-state index contributed by atoms with van der Waals surface area (Å²) in [5, 5.41) is 0. The van der Waals surface area contributed by atoms with Crippen molar-refractivity contribution in [2.75, 3.05) is 0 Å². The SMILES string of the molecule is CC(C)(C)C(=O)NN[NH3+].[Cl-].